The molecule has 0 bridgehead atoms. The number of aryl methyl sites for hydroxylation is 1. The van der Waals surface area contributed by atoms with E-state index in [4.69, 9.17) is 9.84 Å². The van der Waals surface area contributed by atoms with Crippen molar-refractivity contribution in [1.29, 1.82) is 0 Å². The normalized spacial score (nSPS) is 12.9. The van der Waals surface area contributed by atoms with Gasteiger partial charge in [-0.25, -0.2) is 0 Å². The summed E-state index contributed by atoms with van der Waals surface area (Å²) in [4.78, 5) is 2.85. The van der Waals surface area contributed by atoms with Crippen molar-refractivity contribution >= 4 is 11.3 Å². The zero-order valence-electron chi connectivity index (χ0n) is 10.7. The first-order valence-corrected chi connectivity index (χ1v) is 7.10. The van der Waals surface area contributed by atoms with E-state index in [-0.39, 0.29) is 6.61 Å². The maximum atomic E-state index is 8.55. The molecule has 1 rings (SSSR count). The zero-order valence-corrected chi connectivity index (χ0v) is 11.6. The van der Waals surface area contributed by atoms with Gasteiger partial charge in [0.25, 0.3) is 0 Å². The van der Waals surface area contributed by atoms with Gasteiger partial charge in [-0.3, -0.25) is 0 Å². The Kier molecular flexibility index (Phi) is 7.44. The standard InChI is InChI=1S/C13H23NO2S/c1-3-12-5-6-13(17-12)11(2)14-7-4-9-16-10-8-15/h5-6,11,14-15H,3-4,7-10H2,1-2H3. The second kappa shape index (κ2) is 8.64. The lowest BCUT2D eigenvalue weighted by molar-refractivity contribution is 0.0905. The Morgan fingerprint density at radius 2 is 2.24 bits per heavy atom. The van der Waals surface area contributed by atoms with Crippen LogP contribution in [-0.4, -0.2) is 31.5 Å². The van der Waals surface area contributed by atoms with E-state index < -0.39 is 0 Å². The summed E-state index contributed by atoms with van der Waals surface area (Å²) in [5, 5.41) is 12.0. The number of hydrogen-bond donors (Lipinski definition) is 2. The monoisotopic (exact) mass is 257 g/mol. The van der Waals surface area contributed by atoms with Gasteiger partial charge in [-0.15, -0.1) is 11.3 Å². The first kappa shape index (κ1) is 14.6. The second-order valence-electron chi connectivity index (χ2n) is 4.02. The molecule has 0 fully saturated rings. The molecule has 1 heterocycles. The van der Waals surface area contributed by atoms with Crippen molar-refractivity contribution < 1.29 is 9.84 Å². The topological polar surface area (TPSA) is 41.5 Å². The molecule has 0 spiro atoms. The van der Waals surface area contributed by atoms with Crippen molar-refractivity contribution in [2.45, 2.75) is 32.7 Å². The van der Waals surface area contributed by atoms with Crippen molar-refractivity contribution in [1.82, 2.24) is 5.32 Å². The predicted molar refractivity (Wildman–Crippen MR) is 72.6 cm³/mol. The molecule has 0 saturated carbocycles. The van der Waals surface area contributed by atoms with Crippen LogP contribution in [-0.2, 0) is 11.2 Å². The molecular formula is C13H23NO2S. The van der Waals surface area contributed by atoms with E-state index in [9.17, 15) is 0 Å². The maximum Gasteiger partial charge on any atom is 0.0697 e. The molecule has 1 unspecified atom stereocenters. The highest BCUT2D eigenvalue weighted by Gasteiger charge is 2.06. The van der Waals surface area contributed by atoms with E-state index in [2.05, 4.69) is 31.3 Å². The summed E-state index contributed by atoms with van der Waals surface area (Å²) in [6.07, 6.45) is 2.10. The molecule has 0 radical (unpaired) electrons. The van der Waals surface area contributed by atoms with Gasteiger partial charge in [0.05, 0.1) is 13.2 Å². The lowest BCUT2D eigenvalue weighted by Crippen LogP contribution is -2.20. The zero-order chi connectivity index (χ0) is 12.5. The molecule has 0 saturated heterocycles. The van der Waals surface area contributed by atoms with Gasteiger partial charge in [0.2, 0.25) is 0 Å². The number of aliphatic hydroxyl groups excluding tert-OH is 1. The fraction of sp³-hybridized carbons (Fsp3) is 0.692. The number of ether oxygens (including phenoxy) is 1. The summed E-state index contributed by atoms with van der Waals surface area (Å²) >= 11 is 1.89. The Balaban J connectivity index is 2.14. The highest BCUT2D eigenvalue weighted by atomic mass is 32.1. The van der Waals surface area contributed by atoms with Crippen LogP contribution in [0.15, 0.2) is 12.1 Å². The first-order valence-electron chi connectivity index (χ1n) is 6.28. The minimum Gasteiger partial charge on any atom is -0.394 e. The summed E-state index contributed by atoms with van der Waals surface area (Å²) < 4.78 is 5.20. The summed E-state index contributed by atoms with van der Waals surface area (Å²) in [7, 11) is 0. The number of rotatable bonds is 9. The van der Waals surface area contributed by atoms with E-state index in [1.165, 1.54) is 9.75 Å². The largest absolute Gasteiger partial charge is 0.394 e. The number of aliphatic hydroxyl groups is 1. The van der Waals surface area contributed by atoms with Gasteiger partial charge in [0.1, 0.15) is 0 Å². The van der Waals surface area contributed by atoms with Crippen LogP contribution in [0.3, 0.4) is 0 Å². The van der Waals surface area contributed by atoms with Crippen LogP contribution in [0.4, 0.5) is 0 Å². The quantitative estimate of drug-likeness (QED) is 0.667. The van der Waals surface area contributed by atoms with Crippen molar-refractivity contribution in [3.63, 3.8) is 0 Å². The number of nitrogens with one attached hydrogen (secondary N) is 1. The van der Waals surface area contributed by atoms with Crippen LogP contribution in [0.5, 0.6) is 0 Å². The molecule has 1 atom stereocenters. The molecule has 0 aliphatic carbocycles. The SMILES string of the molecule is CCc1ccc(C(C)NCCCOCCO)s1. The molecule has 2 N–H and O–H groups in total. The van der Waals surface area contributed by atoms with Crippen molar-refractivity contribution in [3.8, 4) is 0 Å². The van der Waals surface area contributed by atoms with Gasteiger partial charge in [0, 0.05) is 22.4 Å². The van der Waals surface area contributed by atoms with Crippen LogP contribution in [0, 0.1) is 0 Å². The van der Waals surface area contributed by atoms with Gasteiger partial charge in [-0.05, 0) is 38.4 Å². The number of hydrogen-bond acceptors (Lipinski definition) is 4. The van der Waals surface area contributed by atoms with Crippen LogP contribution < -0.4 is 5.32 Å². The second-order valence-corrected chi connectivity index (χ2v) is 5.22. The Morgan fingerprint density at radius 1 is 1.41 bits per heavy atom. The first-order chi connectivity index (χ1) is 8.27. The highest BCUT2D eigenvalue weighted by molar-refractivity contribution is 7.12. The van der Waals surface area contributed by atoms with Gasteiger partial charge in [0.15, 0.2) is 0 Å². The summed E-state index contributed by atoms with van der Waals surface area (Å²) in [5.74, 6) is 0. The molecule has 0 aliphatic heterocycles. The molecule has 3 nitrogen and oxygen atoms in total. The van der Waals surface area contributed by atoms with Crippen LogP contribution in [0.2, 0.25) is 0 Å². The van der Waals surface area contributed by atoms with Crippen LogP contribution >= 0.6 is 11.3 Å². The van der Waals surface area contributed by atoms with Gasteiger partial charge >= 0.3 is 0 Å². The third kappa shape index (κ3) is 5.64. The van der Waals surface area contributed by atoms with E-state index in [0.717, 1.165) is 19.4 Å². The third-order valence-corrected chi connectivity index (χ3v) is 4.02. The fourth-order valence-electron chi connectivity index (χ4n) is 1.58. The molecule has 4 heteroatoms. The van der Waals surface area contributed by atoms with Crippen molar-refractivity contribution in [2.24, 2.45) is 0 Å². The smallest absolute Gasteiger partial charge is 0.0697 e. The van der Waals surface area contributed by atoms with Gasteiger partial charge in [-0.1, -0.05) is 6.92 Å². The summed E-state index contributed by atoms with van der Waals surface area (Å²) in [6, 6.07) is 4.84. The van der Waals surface area contributed by atoms with E-state index in [1.807, 2.05) is 11.3 Å². The molecular weight excluding hydrogens is 234 g/mol. The lowest BCUT2D eigenvalue weighted by Gasteiger charge is -2.11. The Labute approximate surface area is 108 Å². The van der Waals surface area contributed by atoms with Gasteiger partial charge in [-0.2, -0.15) is 0 Å². The molecule has 17 heavy (non-hydrogen) atoms. The predicted octanol–water partition coefficient (Wildman–Crippen LogP) is 2.36. The van der Waals surface area contributed by atoms with Crippen LogP contribution in [0.25, 0.3) is 0 Å². The Morgan fingerprint density at radius 3 is 2.88 bits per heavy atom. The molecule has 0 aromatic carbocycles. The number of thiophene rings is 1. The molecule has 1 aromatic heterocycles. The molecule has 0 aliphatic rings. The average Bonchev–Trinajstić information content (AvgIpc) is 2.82. The lowest BCUT2D eigenvalue weighted by atomic mass is 10.2. The minimum absolute atomic E-state index is 0.110. The van der Waals surface area contributed by atoms with E-state index in [0.29, 0.717) is 19.3 Å². The fourth-order valence-corrected chi connectivity index (χ4v) is 2.56. The molecule has 1 aromatic rings. The van der Waals surface area contributed by atoms with Crippen molar-refractivity contribution in [3.05, 3.63) is 21.9 Å². The summed E-state index contributed by atoms with van der Waals surface area (Å²) in [6.45, 7) is 6.60. The van der Waals surface area contributed by atoms with E-state index >= 15 is 0 Å². The average molecular weight is 257 g/mol. The van der Waals surface area contributed by atoms with Crippen molar-refractivity contribution in [2.75, 3.05) is 26.4 Å². The highest BCUT2D eigenvalue weighted by Crippen LogP contribution is 2.23. The summed E-state index contributed by atoms with van der Waals surface area (Å²) in [5.41, 5.74) is 0. The Hall–Kier alpha value is -0.420. The van der Waals surface area contributed by atoms with Gasteiger partial charge < -0.3 is 15.2 Å². The van der Waals surface area contributed by atoms with Crippen LogP contribution in [0.1, 0.15) is 36.1 Å². The maximum absolute atomic E-state index is 8.55. The van der Waals surface area contributed by atoms with E-state index in [1.54, 1.807) is 0 Å². The molecule has 98 valence electrons. The molecule has 0 amide bonds. The Bertz CT molecular complexity index is 301. The minimum atomic E-state index is 0.110. The third-order valence-electron chi connectivity index (χ3n) is 2.61.